The van der Waals surface area contributed by atoms with Crippen molar-refractivity contribution in [3.05, 3.63) is 58.1 Å². The second-order valence-corrected chi connectivity index (χ2v) is 3.66. The minimum atomic E-state index is -0.891. The molecular weight excluding hydrogens is 258 g/mol. The van der Waals surface area contributed by atoms with Gasteiger partial charge in [0, 0.05) is 18.2 Å². The molecule has 0 heterocycles. The van der Waals surface area contributed by atoms with E-state index in [4.69, 9.17) is 10.5 Å². The molecule has 0 fully saturated rings. The van der Waals surface area contributed by atoms with Crippen molar-refractivity contribution < 1.29 is 18.4 Å². The molecule has 0 aliphatic carbocycles. The summed E-state index contributed by atoms with van der Waals surface area (Å²) in [6.45, 7) is 0. The number of anilines is 1. The first-order valence-corrected chi connectivity index (χ1v) is 5.14. The lowest BCUT2D eigenvalue weighted by molar-refractivity contribution is -0.384. The highest BCUT2D eigenvalue weighted by Gasteiger charge is 2.12. The van der Waals surface area contributed by atoms with Crippen LogP contribution < -0.4 is 10.5 Å². The summed E-state index contributed by atoms with van der Waals surface area (Å²) in [4.78, 5) is 9.91. The third-order valence-corrected chi connectivity index (χ3v) is 2.32. The summed E-state index contributed by atoms with van der Waals surface area (Å²) < 4.78 is 31.2. The van der Waals surface area contributed by atoms with E-state index in [1.54, 1.807) is 0 Å². The number of hydrogen-bond donors (Lipinski definition) is 1. The van der Waals surface area contributed by atoms with Crippen LogP contribution in [0.1, 0.15) is 0 Å². The van der Waals surface area contributed by atoms with Gasteiger partial charge in [0.25, 0.3) is 5.69 Å². The van der Waals surface area contributed by atoms with Crippen LogP contribution in [0, 0.1) is 21.7 Å². The zero-order valence-corrected chi connectivity index (χ0v) is 9.47. The number of nitrogen functional groups attached to an aromatic ring is 1. The van der Waals surface area contributed by atoms with Gasteiger partial charge in [-0.1, -0.05) is 0 Å². The van der Waals surface area contributed by atoms with E-state index in [2.05, 4.69) is 0 Å². The molecule has 2 aromatic rings. The molecule has 0 atom stereocenters. The molecular formula is C12H8F2N2O3. The highest BCUT2D eigenvalue weighted by molar-refractivity contribution is 5.59. The average molecular weight is 266 g/mol. The highest BCUT2D eigenvalue weighted by atomic mass is 19.1. The Balaban J connectivity index is 2.31. The second-order valence-electron chi connectivity index (χ2n) is 3.66. The fraction of sp³-hybridized carbons (Fsp3) is 0. The van der Waals surface area contributed by atoms with E-state index < -0.39 is 16.6 Å². The molecule has 0 amide bonds. The zero-order valence-electron chi connectivity index (χ0n) is 9.47. The molecule has 0 bridgehead atoms. The van der Waals surface area contributed by atoms with Crippen LogP contribution in [0.4, 0.5) is 20.2 Å². The van der Waals surface area contributed by atoms with Crippen LogP contribution >= 0.6 is 0 Å². The SMILES string of the molecule is Nc1cc([N+](=O)[O-])ccc1Oc1ccc(F)cc1F. The van der Waals surface area contributed by atoms with E-state index in [0.29, 0.717) is 6.07 Å². The molecule has 98 valence electrons. The van der Waals surface area contributed by atoms with E-state index in [9.17, 15) is 18.9 Å². The molecule has 2 rings (SSSR count). The number of nitro groups is 1. The Morgan fingerprint density at radius 3 is 2.37 bits per heavy atom. The summed E-state index contributed by atoms with van der Waals surface area (Å²) in [6.07, 6.45) is 0. The van der Waals surface area contributed by atoms with Crippen LogP contribution in [-0.2, 0) is 0 Å². The molecule has 0 radical (unpaired) electrons. The van der Waals surface area contributed by atoms with Gasteiger partial charge in [-0.3, -0.25) is 10.1 Å². The number of benzene rings is 2. The van der Waals surface area contributed by atoms with Crippen molar-refractivity contribution >= 4 is 11.4 Å². The number of rotatable bonds is 3. The topological polar surface area (TPSA) is 78.4 Å². The monoisotopic (exact) mass is 266 g/mol. The number of nitro benzene ring substituents is 1. The Morgan fingerprint density at radius 1 is 1.11 bits per heavy atom. The van der Waals surface area contributed by atoms with E-state index in [1.165, 1.54) is 12.1 Å². The van der Waals surface area contributed by atoms with Gasteiger partial charge < -0.3 is 10.5 Å². The zero-order chi connectivity index (χ0) is 14.0. The third kappa shape index (κ3) is 2.76. The molecule has 0 unspecified atom stereocenters. The standard InChI is InChI=1S/C12H8F2N2O3/c13-7-1-3-11(9(14)5-7)19-12-4-2-8(16(17)18)6-10(12)15/h1-6H,15H2. The fourth-order valence-electron chi connectivity index (χ4n) is 1.42. The highest BCUT2D eigenvalue weighted by Crippen LogP contribution is 2.31. The molecule has 0 saturated heterocycles. The van der Waals surface area contributed by atoms with Crippen molar-refractivity contribution in [3.63, 3.8) is 0 Å². The normalized spacial score (nSPS) is 10.2. The molecule has 0 aliphatic rings. The van der Waals surface area contributed by atoms with Crippen molar-refractivity contribution in [1.29, 1.82) is 0 Å². The predicted molar refractivity (Wildman–Crippen MR) is 63.9 cm³/mol. The van der Waals surface area contributed by atoms with Crippen molar-refractivity contribution in [2.24, 2.45) is 0 Å². The Labute approximate surface area is 106 Å². The summed E-state index contributed by atoms with van der Waals surface area (Å²) in [7, 11) is 0. The van der Waals surface area contributed by atoms with Crippen molar-refractivity contribution in [2.45, 2.75) is 0 Å². The van der Waals surface area contributed by atoms with Crippen molar-refractivity contribution in [3.8, 4) is 11.5 Å². The maximum absolute atomic E-state index is 13.4. The number of hydrogen-bond acceptors (Lipinski definition) is 4. The van der Waals surface area contributed by atoms with Gasteiger partial charge in [0.2, 0.25) is 0 Å². The van der Waals surface area contributed by atoms with Gasteiger partial charge in [0.15, 0.2) is 17.3 Å². The van der Waals surface area contributed by atoms with Gasteiger partial charge in [-0.2, -0.15) is 0 Å². The summed E-state index contributed by atoms with van der Waals surface area (Å²) in [5.74, 6) is -1.79. The quantitative estimate of drug-likeness (QED) is 0.525. The molecule has 2 aromatic carbocycles. The number of nitrogens with zero attached hydrogens (tertiary/aromatic N) is 1. The van der Waals surface area contributed by atoms with Gasteiger partial charge >= 0.3 is 0 Å². The van der Waals surface area contributed by atoms with Crippen LogP contribution in [-0.4, -0.2) is 4.92 Å². The second kappa shape index (κ2) is 4.89. The molecule has 2 N–H and O–H groups in total. The predicted octanol–water partition coefficient (Wildman–Crippen LogP) is 3.25. The molecule has 0 spiro atoms. The maximum atomic E-state index is 13.4. The summed E-state index contributed by atoms with van der Waals surface area (Å²) in [6, 6.07) is 6.31. The summed E-state index contributed by atoms with van der Waals surface area (Å²) in [5, 5.41) is 10.5. The van der Waals surface area contributed by atoms with Crippen molar-refractivity contribution in [2.75, 3.05) is 5.73 Å². The lowest BCUT2D eigenvalue weighted by atomic mass is 10.2. The van der Waals surface area contributed by atoms with Gasteiger partial charge in [-0.15, -0.1) is 0 Å². The Kier molecular flexibility index (Phi) is 3.28. The minimum absolute atomic E-state index is 0.0158. The minimum Gasteiger partial charge on any atom is -0.452 e. The van der Waals surface area contributed by atoms with E-state index in [1.807, 2.05) is 0 Å². The number of nitrogens with two attached hydrogens (primary N) is 1. The van der Waals surface area contributed by atoms with Crippen molar-refractivity contribution in [1.82, 2.24) is 0 Å². The first-order chi connectivity index (χ1) is 8.97. The van der Waals surface area contributed by atoms with Crippen LogP contribution in [0.2, 0.25) is 0 Å². The number of halogens is 2. The molecule has 0 aliphatic heterocycles. The third-order valence-electron chi connectivity index (χ3n) is 2.32. The smallest absolute Gasteiger partial charge is 0.271 e. The van der Waals surface area contributed by atoms with Gasteiger partial charge in [-0.05, 0) is 18.2 Å². The Morgan fingerprint density at radius 2 is 1.79 bits per heavy atom. The van der Waals surface area contributed by atoms with Crippen LogP contribution in [0.3, 0.4) is 0 Å². The first-order valence-electron chi connectivity index (χ1n) is 5.14. The molecule has 5 nitrogen and oxygen atoms in total. The van der Waals surface area contributed by atoms with Crippen LogP contribution in [0.5, 0.6) is 11.5 Å². The number of non-ortho nitro benzene ring substituents is 1. The molecule has 0 saturated carbocycles. The Bertz CT molecular complexity index is 647. The molecule has 0 aromatic heterocycles. The lowest BCUT2D eigenvalue weighted by Gasteiger charge is -2.08. The summed E-state index contributed by atoms with van der Waals surface area (Å²) >= 11 is 0. The fourth-order valence-corrected chi connectivity index (χ4v) is 1.42. The van der Waals surface area contributed by atoms with Gasteiger partial charge in [-0.25, -0.2) is 8.78 Å². The maximum Gasteiger partial charge on any atom is 0.271 e. The van der Waals surface area contributed by atoms with E-state index in [-0.39, 0.29) is 22.9 Å². The molecule has 19 heavy (non-hydrogen) atoms. The first kappa shape index (κ1) is 12.7. The van der Waals surface area contributed by atoms with Gasteiger partial charge in [0.05, 0.1) is 10.6 Å². The van der Waals surface area contributed by atoms with E-state index >= 15 is 0 Å². The number of ether oxygens (including phenoxy) is 1. The largest absolute Gasteiger partial charge is 0.452 e. The lowest BCUT2D eigenvalue weighted by Crippen LogP contribution is -1.96. The summed E-state index contributed by atoms with van der Waals surface area (Å²) in [5.41, 5.74) is 5.34. The van der Waals surface area contributed by atoms with Crippen LogP contribution in [0.25, 0.3) is 0 Å². The van der Waals surface area contributed by atoms with E-state index in [0.717, 1.165) is 18.2 Å². The van der Waals surface area contributed by atoms with Crippen LogP contribution in [0.15, 0.2) is 36.4 Å². The van der Waals surface area contributed by atoms with Gasteiger partial charge in [0.1, 0.15) is 5.82 Å². The molecule has 7 heteroatoms. The average Bonchev–Trinajstić information content (AvgIpc) is 2.34. The Hall–Kier alpha value is -2.70.